The van der Waals surface area contributed by atoms with Gasteiger partial charge in [0.25, 0.3) is 11.8 Å². The molecule has 0 spiro atoms. The van der Waals surface area contributed by atoms with Gasteiger partial charge in [-0.2, -0.15) is 0 Å². The van der Waals surface area contributed by atoms with Gasteiger partial charge in [-0.25, -0.2) is 0 Å². The summed E-state index contributed by atoms with van der Waals surface area (Å²) in [7, 11) is 6.23. The number of nitrogens with two attached hydrogens (primary N) is 1. The molecule has 0 fully saturated rings. The number of phenols is 2. The summed E-state index contributed by atoms with van der Waals surface area (Å²) in [6, 6.07) is 8.54. The molecule has 0 bridgehead atoms. The second-order valence-corrected chi connectivity index (χ2v) is 6.07. The molecule has 10 nitrogen and oxygen atoms in total. The number of hydrogen-bond donors (Lipinski definition) is 3. The van der Waals surface area contributed by atoms with E-state index in [2.05, 4.69) is 0 Å². The number of phenolic OH excluding ortho intramolecular Hbond substituents is 2. The predicted molar refractivity (Wildman–Crippen MR) is 103 cm³/mol. The van der Waals surface area contributed by atoms with Gasteiger partial charge in [0.2, 0.25) is 5.75 Å². The zero-order chi connectivity index (χ0) is 21.6. The van der Waals surface area contributed by atoms with E-state index in [0.29, 0.717) is 0 Å². The number of nitro benzene ring substituents is 1. The molecule has 2 amide bonds. The van der Waals surface area contributed by atoms with E-state index >= 15 is 0 Å². The van der Waals surface area contributed by atoms with Gasteiger partial charge in [0.05, 0.1) is 21.7 Å². The molecular weight excluding hydrogens is 368 g/mol. The molecule has 2 aromatic rings. The summed E-state index contributed by atoms with van der Waals surface area (Å²) < 4.78 is 0. The molecule has 0 radical (unpaired) electrons. The monoisotopic (exact) mass is 390 g/mol. The Morgan fingerprint density at radius 2 is 1.32 bits per heavy atom. The summed E-state index contributed by atoms with van der Waals surface area (Å²) in [4.78, 5) is 35.3. The van der Waals surface area contributed by atoms with Crippen LogP contribution in [0.5, 0.6) is 11.5 Å². The van der Waals surface area contributed by atoms with Gasteiger partial charge in [-0.15, -0.1) is 0 Å². The van der Waals surface area contributed by atoms with Crippen LogP contribution in [-0.4, -0.2) is 64.9 Å². The van der Waals surface area contributed by atoms with Gasteiger partial charge in [0.1, 0.15) is 0 Å². The first kappa shape index (κ1) is 22.2. The molecule has 0 atom stereocenters. The van der Waals surface area contributed by atoms with E-state index in [1.807, 2.05) is 0 Å². The molecule has 0 aliphatic rings. The van der Waals surface area contributed by atoms with E-state index in [1.165, 1.54) is 42.1 Å². The minimum atomic E-state index is -0.734. The highest BCUT2D eigenvalue weighted by Crippen LogP contribution is 2.29. The average molecular weight is 390 g/mol. The molecule has 10 heteroatoms. The van der Waals surface area contributed by atoms with Gasteiger partial charge in [0, 0.05) is 34.3 Å². The fraction of sp³-hybridized carbons (Fsp3) is 0.222. The van der Waals surface area contributed by atoms with Crippen LogP contribution in [0, 0.1) is 10.1 Å². The number of carbonyl (C=O) groups is 2. The van der Waals surface area contributed by atoms with Gasteiger partial charge < -0.3 is 25.7 Å². The molecule has 0 aliphatic heterocycles. The number of anilines is 1. The van der Waals surface area contributed by atoms with E-state index in [9.17, 15) is 29.9 Å². The van der Waals surface area contributed by atoms with Crippen molar-refractivity contribution in [3.8, 4) is 11.5 Å². The Morgan fingerprint density at radius 1 is 0.893 bits per heavy atom. The van der Waals surface area contributed by atoms with E-state index < -0.39 is 22.3 Å². The van der Waals surface area contributed by atoms with Crippen LogP contribution in [0.15, 0.2) is 36.4 Å². The highest BCUT2D eigenvalue weighted by Gasteiger charge is 2.21. The first-order valence-corrected chi connectivity index (χ1v) is 7.96. The first-order valence-electron chi connectivity index (χ1n) is 7.96. The molecule has 150 valence electrons. The van der Waals surface area contributed by atoms with Crippen LogP contribution in [0.4, 0.5) is 11.4 Å². The van der Waals surface area contributed by atoms with E-state index in [4.69, 9.17) is 5.73 Å². The van der Waals surface area contributed by atoms with Crippen molar-refractivity contribution in [1.29, 1.82) is 0 Å². The summed E-state index contributed by atoms with van der Waals surface area (Å²) in [5, 5.41) is 29.4. The van der Waals surface area contributed by atoms with Gasteiger partial charge in [-0.1, -0.05) is 12.1 Å². The van der Waals surface area contributed by atoms with E-state index in [0.717, 1.165) is 6.07 Å². The van der Waals surface area contributed by atoms with Crippen molar-refractivity contribution >= 4 is 23.2 Å². The molecule has 4 N–H and O–H groups in total. The number of carbonyl (C=O) groups excluding carboxylic acids is 2. The van der Waals surface area contributed by atoms with Crippen molar-refractivity contribution in [3.63, 3.8) is 0 Å². The summed E-state index contributed by atoms with van der Waals surface area (Å²) >= 11 is 0. The van der Waals surface area contributed by atoms with Crippen LogP contribution in [0.1, 0.15) is 20.7 Å². The van der Waals surface area contributed by atoms with Crippen molar-refractivity contribution in [2.75, 3.05) is 33.9 Å². The topological polar surface area (TPSA) is 150 Å². The lowest BCUT2D eigenvalue weighted by Gasteiger charge is -2.11. The minimum absolute atomic E-state index is 0.0748. The molecule has 0 aromatic heterocycles. The van der Waals surface area contributed by atoms with Crippen molar-refractivity contribution in [1.82, 2.24) is 9.80 Å². The molecule has 2 aromatic carbocycles. The molecular formula is C18H22N4O6. The van der Waals surface area contributed by atoms with Crippen molar-refractivity contribution in [2.24, 2.45) is 0 Å². The smallest absolute Gasteiger partial charge is 0.311 e. The fourth-order valence-corrected chi connectivity index (χ4v) is 2.07. The van der Waals surface area contributed by atoms with Gasteiger partial charge in [-0.05, 0) is 18.2 Å². The Bertz CT molecular complexity index is 896. The second kappa shape index (κ2) is 9.21. The number of hydrogen-bond acceptors (Lipinski definition) is 7. The fourth-order valence-electron chi connectivity index (χ4n) is 2.07. The standard InChI is InChI=1S/C9H10N2O4.C9H12N2O2/c1-10(2)9(13)6-4-3-5-7(8(6)12)11(14)15;1-11(2)9(13)6-4-3-5-7(10)8(6)12/h3-5,12H,1-2H3;3-5,12H,10H2,1-2H3. The number of nitrogens with zero attached hydrogens (tertiary/aromatic N) is 3. The van der Waals surface area contributed by atoms with Crippen LogP contribution in [0.3, 0.4) is 0 Å². The lowest BCUT2D eigenvalue weighted by Crippen LogP contribution is -2.21. The minimum Gasteiger partial charge on any atom is -0.505 e. The van der Waals surface area contributed by atoms with Crippen molar-refractivity contribution in [2.45, 2.75) is 0 Å². The Labute approximate surface area is 161 Å². The van der Waals surface area contributed by atoms with Crippen molar-refractivity contribution < 1.29 is 24.7 Å². The maximum atomic E-state index is 11.5. The maximum Gasteiger partial charge on any atom is 0.311 e. The average Bonchev–Trinajstić information content (AvgIpc) is 2.63. The molecule has 0 aliphatic carbocycles. The van der Waals surface area contributed by atoms with Gasteiger partial charge >= 0.3 is 5.69 Å². The third kappa shape index (κ3) is 5.10. The lowest BCUT2D eigenvalue weighted by atomic mass is 10.1. The molecule has 2 rings (SSSR count). The molecule has 0 unspecified atom stereocenters. The quantitative estimate of drug-likeness (QED) is 0.312. The molecule has 0 heterocycles. The van der Waals surface area contributed by atoms with Crippen molar-refractivity contribution in [3.05, 3.63) is 57.6 Å². The highest BCUT2D eigenvalue weighted by molar-refractivity contribution is 5.98. The van der Waals surface area contributed by atoms with E-state index in [-0.39, 0.29) is 28.5 Å². The Morgan fingerprint density at radius 3 is 1.75 bits per heavy atom. The first-order chi connectivity index (χ1) is 13.0. The third-order valence-electron chi connectivity index (χ3n) is 3.55. The molecule has 28 heavy (non-hydrogen) atoms. The number of para-hydroxylation sites is 2. The third-order valence-corrected chi connectivity index (χ3v) is 3.55. The maximum absolute atomic E-state index is 11.5. The lowest BCUT2D eigenvalue weighted by molar-refractivity contribution is -0.385. The van der Waals surface area contributed by atoms with Crippen LogP contribution in [-0.2, 0) is 0 Å². The normalized spacial score (nSPS) is 9.71. The summed E-state index contributed by atoms with van der Waals surface area (Å²) in [6.45, 7) is 0. The van der Waals surface area contributed by atoms with Crippen LogP contribution in [0.25, 0.3) is 0 Å². The highest BCUT2D eigenvalue weighted by atomic mass is 16.6. The number of nitrogen functional groups attached to an aromatic ring is 1. The zero-order valence-corrected chi connectivity index (χ0v) is 15.9. The number of rotatable bonds is 3. The zero-order valence-electron chi connectivity index (χ0n) is 15.9. The molecule has 0 saturated carbocycles. The van der Waals surface area contributed by atoms with E-state index in [1.54, 1.807) is 26.2 Å². The number of nitro groups is 1. The van der Waals surface area contributed by atoms with Gasteiger partial charge in [-0.3, -0.25) is 19.7 Å². The Kier molecular flexibility index (Phi) is 7.31. The van der Waals surface area contributed by atoms with Crippen LogP contribution in [0.2, 0.25) is 0 Å². The second-order valence-electron chi connectivity index (χ2n) is 6.07. The number of benzene rings is 2. The summed E-state index contributed by atoms with van der Waals surface area (Å²) in [5.41, 5.74) is 5.34. The van der Waals surface area contributed by atoms with Gasteiger partial charge in [0.15, 0.2) is 5.75 Å². The molecule has 0 saturated heterocycles. The predicted octanol–water partition coefficient (Wildman–Crippen LogP) is 1.68. The largest absolute Gasteiger partial charge is 0.505 e. The number of amides is 2. The summed E-state index contributed by atoms with van der Waals surface area (Å²) in [6.07, 6.45) is 0. The van der Waals surface area contributed by atoms with Crippen LogP contribution >= 0.6 is 0 Å². The Balaban J connectivity index is 0.000000283. The SMILES string of the molecule is CN(C)C(=O)c1cccc(N)c1O.CN(C)C(=O)c1cccc([N+](=O)[O-])c1O. The van der Waals surface area contributed by atoms with Crippen LogP contribution < -0.4 is 5.73 Å². The Hall–Kier alpha value is -3.82. The summed E-state index contributed by atoms with van der Waals surface area (Å²) in [5.74, 6) is -1.48. The number of aromatic hydroxyl groups is 2.